The molecule has 0 aromatic heterocycles. The van der Waals surface area contributed by atoms with Gasteiger partial charge in [0.1, 0.15) is 0 Å². The van der Waals surface area contributed by atoms with Crippen LogP contribution in [0.15, 0.2) is 0 Å². The van der Waals surface area contributed by atoms with Gasteiger partial charge in [-0.2, -0.15) is 0 Å². The first-order chi connectivity index (χ1) is 4.62. The Hall–Kier alpha value is -0.520. The molecule has 58 valence electrons. The summed E-state index contributed by atoms with van der Waals surface area (Å²) in [5.74, 6) is 5.58. The maximum absolute atomic E-state index is 9.20. The van der Waals surface area contributed by atoms with E-state index in [1.807, 2.05) is 6.92 Å². The van der Waals surface area contributed by atoms with E-state index in [-0.39, 0.29) is 6.61 Å². The Kier molecular flexibility index (Phi) is 4.10. The van der Waals surface area contributed by atoms with E-state index in [1.54, 1.807) is 6.92 Å². The Morgan fingerprint density at radius 2 is 2.00 bits per heavy atom. The summed E-state index contributed by atoms with van der Waals surface area (Å²) >= 11 is 0. The molecule has 0 bridgehead atoms. The lowest BCUT2D eigenvalue weighted by molar-refractivity contribution is 0.00628. The van der Waals surface area contributed by atoms with Crippen molar-refractivity contribution < 1.29 is 10.2 Å². The van der Waals surface area contributed by atoms with Gasteiger partial charge in [-0.1, -0.05) is 6.92 Å². The molecule has 0 saturated carbocycles. The van der Waals surface area contributed by atoms with E-state index in [9.17, 15) is 5.11 Å². The summed E-state index contributed by atoms with van der Waals surface area (Å²) in [7, 11) is 0. The third-order valence-corrected chi connectivity index (χ3v) is 1.11. The molecule has 0 fully saturated rings. The molecule has 0 spiro atoms. The summed E-state index contributed by atoms with van der Waals surface area (Å²) in [6, 6.07) is 0. The Bertz CT molecular complexity index is 139. The molecule has 0 aliphatic rings. The molecule has 0 aromatic carbocycles. The van der Waals surface area contributed by atoms with Gasteiger partial charge >= 0.3 is 0 Å². The predicted molar refractivity (Wildman–Crippen MR) is 40.4 cm³/mol. The number of hydrogen-bond donors (Lipinski definition) is 2. The van der Waals surface area contributed by atoms with E-state index < -0.39 is 5.60 Å². The number of aliphatic hydroxyl groups is 2. The largest absolute Gasteiger partial charge is 0.393 e. The van der Waals surface area contributed by atoms with Crippen molar-refractivity contribution >= 4 is 0 Å². The summed E-state index contributed by atoms with van der Waals surface area (Å²) in [5.41, 5.74) is -1.03. The molecule has 1 atom stereocenters. The molecule has 0 heterocycles. The minimum absolute atomic E-state index is 0.231. The third kappa shape index (κ3) is 4.37. The van der Waals surface area contributed by atoms with Crippen molar-refractivity contribution in [3.8, 4) is 11.8 Å². The maximum atomic E-state index is 9.20. The highest BCUT2D eigenvalue weighted by Crippen LogP contribution is 2.05. The van der Waals surface area contributed by atoms with Crippen molar-refractivity contribution in [3.05, 3.63) is 0 Å². The average Bonchev–Trinajstić information content (AvgIpc) is 1.89. The zero-order valence-electron chi connectivity index (χ0n) is 6.52. The van der Waals surface area contributed by atoms with Crippen molar-refractivity contribution in [2.75, 3.05) is 6.61 Å². The van der Waals surface area contributed by atoms with E-state index in [4.69, 9.17) is 5.11 Å². The van der Waals surface area contributed by atoms with Crippen LogP contribution in [0, 0.1) is 11.8 Å². The van der Waals surface area contributed by atoms with Crippen LogP contribution in [-0.4, -0.2) is 22.4 Å². The van der Waals surface area contributed by atoms with E-state index in [2.05, 4.69) is 11.8 Å². The first kappa shape index (κ1) is 9.48. The van der Waals surface area contributed by atoms with Gasteiger partial charge in [0.15, 0.2) is 0 Å². The van der Waals surface area contributed by atoms with Gasteiger partial charge in [-0.25, -0.2) is 0 Å². The second kappa shape index (κ2) is 4.32. The molecular formula is C8H14O2. The Labute approximate surface area is 61.9 Å². The van der Waals surface area contributed by atoms with Crippen molar-refractivity contribution in [2.24, 2.45) is 0 Å². The van der Waals surface area contributed by atoms with E-state index in [1.165, 1.54) is 0 Å². The molecule has 2 nitrogen and oxygen atoms in total. The fourth-order valence-electron chi connectivity index (χ4n) is 0.434. The standard InChI is InChI=1S/C8H14O2/c1-3-4-5-6-8(2,10)7-9/h9-10H,3,6-7H2,1-2H3. The lowest BCUT2D eigenvalue weighted by Crippen LogP contribution is -2.27. The van der Waals surface area contributed by atoms with Crippen LogP contribution in [0.1, 0.15) is 26.7 Å². The van der Waals surface area contributed by atoms with Gasteiger partial charge in [0.25, 0.3) is 0 Å². The molecule has 0 aromatic rings. The first-order valence-corrected chi connectivity index (χ1v) is 3.41. The molecule has 0 aliphatic carbocycles. The highest BCUT2D eigenvalue weighted by atomic mass is 16.3. The molecule has 0 rings (SSSR count). The Morgan fingerprint density at radius 3 is 2.40 bits per heavy atom. The van der Waals surface area contributed by atoms with Gasteiger partial charge in [-0.15, -0.1) is 11.8 Å². The van der Waals surface area contributed by atoms with Crippen LogP contribution >= 0.6 is 0 Å². The fraction of sp³-hybridized carbons (Fsp3) is 0.750. The van der Waals surface area contributed by atoms with E-state index >= 15 is 0 Å². The molecule has 0 aliphatic heterocycles. The molecule has 2 N–H and O–H groups in total. The molecule has 0 saturated heterocycles. The molecule has 0 radical (unpaired) electrons. The lowest BCUT2D eigenvalue weighted by atomic mass is 10.0. The van der Waals surface area contributed by atoms with Gasteiger partial charge in [0, 0.05) is 12.8 Å². The Balaban J connectivity index is 3.66. The van der Waals surface area contributed by atoms with E-state index in [0.29, 0.717) is 6.42 Å². The smallest absolute Gasteiger partial charge is 0.0957 e. The topological polar surface area (TPSA) is 40.5 Å². The predicted octanol–water partition coefficient (Wildman–Crippen LogP) is 0.533. The molecule has 10 heavy (non-hydrogen) atoms. The van der Waals surface area contributed by atoms with Crippen LogP contribution in [-0.2, 0) is 0 Å². The van der Waals surface area contributed by atoms with Gasteiger partial charge in [0.05, 0.1) is 12.2 Å². The fourth-order valence-corrected chi connectivity index (χ4v) is 0.434. The van der Waals surface area contributed by atoms with Crippen LogP contribution in [0.25, 0.3) is 0 Å². The number of hydrogen-bond acceptors (Lipinski definition) is 2. The quantitative estimate of drug-likeness (QED) is 0.552. The maximum Gasteiger partial charge on any atom is 0.0957 e. The van der Waals surface area contributed by atoms with Crippen LogP contribution in [0.2, 0.25) is 0 Å². The second-order valence-corrected chi connectivity index (χ2v) is 2.54. The van der Waals surface area contributed by atoms with E-state index in [0.717, 1.165) is 6.42 Å². The van der Waals surface area contributed by atoms with Gasteiger partial charge < -0.3 is 10.2 Å². The van der Waals surface area contributed by atoms with Crippen LogP contribution in [0.4, 0.5) is 0 Å². The molecule has 2 heteroatoms. The monoisotopic (exact) mass is 142 g/mol. The zero-order chi connectivity index (χ0) is 8.04. The summed E-state index contributed by atoms with van der Waals surface area (Å²) < 4.78 is 0. The zero-order valence-corrected chi connectivity index (χ0v) is 6.52. The summed E-state index contributed by atoms with van der Waals surface area (Å²) in [4.78, 5) is 0. The number of aliphatic hydroxyl groups excluding tert-OH is 1. The minimum Gasteiger partial charge on any atom is -0.393 e. The highest BCUT2D eigenvalue weighted by Gasteiger charge is 2.16. The third-order valence-electron chi connectivity index (χ3n) is 1.11. The van der Waals surface area contributed by atoms with Crippen molar-refractivity contribution in [1.29, 1.82) is 0 Å². The van der Waals surface area contributed by atoms with Gasteiger partial charge in [0.2, 0.25) is 0 Å². The second-order valence-electron chi connectivity index (χ2n) is 2.54. The van der Waals surface area contributed by atoms with Gasteiger partial charge in [-0.3, -0.25) is 0 Å². The Morgan fingerprint density at radius 1 is 1.40 bits per heavy atom. The molecule has 1 unspecified atom stereocenters. The average molecular weight is 142 g/mol. The van der Waals surface area contributed by atoms with Crippen LogP contribution in [0.5, 0.6) is 0 Å². The normalized spacial score (nSPS) is 15.2. The van der Waals surface area contributed by atoms with Crippen molar-refractivity contribution in [3.63, 3.8) is 0 Å². The summed E-state index contributed by atoms with van der Waals surface area (Å²) in [6.07, 6.45) is 1.14. The molecule has 0 amide bonds. The van der Waals surface area contributed by atoms with Crippen LogP contribution < -0.4 is 0 Å². The first-order valence-electron chi connectivity index (χ1n) is 3.41. The highest BCUT2D eigenvalue weighted by molar-refractivity contribution is 5.02. The summed E-state index contributed by atoms with van der Waals surface area (Å²) in [6.45, 7) is 3.28. The lowest BCUT2D eigenvalue weighted by Gasteiger charge is -2.15. The van der Waals surface area contributed by atoms with Crippen molar-refractivity contribution in [2.45, 2.75) is 32.3 Å². The molecular weight excluding hydrogens is 128 g/mol. The van der Waals surface area contributed by atoms with Crippen molar-refractivity contribution in [1.82, 2.24) is 0 Å². The van der Waals surface area contributed by atoms with Gasteiger partial charge in [-0.05, 0) is 6.92 Å². The van der Waals surface area contributed by atoms with Crippen LogP contribution in [0.3, 0.4) is 0 Å². The minimum atomic E-state index is -1.03. The number of rotatable bonds is 2. The SMILES string of the molecule is CCC#CCC(C)(O)CO. The summed E-state index contributed by atoms with van der Waals surface area (Å²) in [5, 5.41) is 17.8.